The number of amides is 2. The number of aliphatic hydroxyl groups excluding tert-OH is 1. The molecule has 0 fully saturated rings. The average molecular weight is 490 g/mol. The quantitative estimate of drug-likeness (QED) is 0.307. The summed E-state index contributed by atoms with van der Waals surface area (Å²) in [5, 5.41) is 13.5. The molecule has 1 unspecified atom stereocenters. The summed E-state index contributed by atoms with van der Waals surface area (Å²) in [6, 6.07) is 7.04. The fourth-order valence-electron chi connectivity index (χ4n) is 4.71. The third kappa shape index (κ3) is 8.32. The van der Waals surface area contributed by atoms with Crippen molar-refractivity contribution in [2.24, 2.45) is 23.0 Å². The van der Waals surface area contributed by atoms with Crippen LogP contribution in [0.1, 0.15) is 65.4 Å². The van der Waals surface area contributed by atoms with Crippen LogP contribution in [-0.4, -0.2) is 55.2 Å². The van der Waals surface area contributed by atoms with Crippen molar-refractivity contribution in [2.45, 2.75) is 78.4 Å². The summed E-state index contributed by atoms with van der Waals surface area (Å²) < 4.78 is 4.94. The Labute approximate surface area is 209 Å². The largest absolute Gasteiger partial charge is 0.469 e. The van der Waals surface area contributed by atoms with Gasteiger partial charge >= 0.3 is 5.97 Å². The molecule has 35 heavy (non-hydrogen) atoms. The predicted molar refractivity (Wildman–Crippen MR) is 137 cm³/mol. The Hall–Kier alpha value is -2.45. The number of benzene rings is 1. The first-order chi connectivity index (χ1) is 16.5. The number of fused-ring (bicyclic) bond motifs is 1. The fourth-order valence-corrected chi connectivity index (χ4v) is 4.71. The molecule has 1 aromatic rings. The van der Waals surface area contributed by atoms with Gasteiger partial charge in [-0.15, -0.1) is 0 Å². The summed E-state index contributed by atoms with van der Waals surface area (Å²) >= 11 is 0. The molecule has 1 aliphatic rings. The molecule has 0 aliphatic carbocycles. The number of hydrogen-bond acceptors (Lipinski definition) is 6. The molecule has 0 saturated carbocycles. The maximum Gasteiger partial charge on any atom is 0.310 e. The molecule has 8 nitrogen and oxygen atoms in total. The number of nitrogens with two attached hydrogens (primary N) is 1. The van der Waals surface area contributed by atoms with Gasteiger partial charge in [0, 0.05) is 37.2 Å². The predicted octanol–water partition coefficient (Wildman–Crippen LogP) is 2.80. The molecular formula is C27H43N3O5. The van der Waals surface area contributed by atoms with E-state index in [1.54, 1.807) is 11.8 Å². The minimum absolute atomic E-state index is 0.0805. The van der Waals surface area contributed by atoms with Crippen molar-refractivity contribution >= 4 is 23.5 Å². The van der Waals surface area contributed by atoms with E-state index in [0.29, 0.717) is 19.4 Å². The van der Waals surface area contributed by atoms with E-state index in [2.05, 4.69) is 12.2 Å². The van der Waals surface area contributed by atoms with Gasteiger partial charge in [0.2, 0.25) is 11.8 Å². The minimum atomic E-state index is -0.851. The first kappa shape index (κ1) is 28.8. The maximum atomic E-state index is 13.4. The fraction of sp³-hybridized carbons (Fsp3) is 0.667. The van der Waals surface area contributed by atoms with Gasteiger partial charge < -0.3 is 25.8 Å². The Morgan fingerprint density at radius 2 is 1.97 bits per heavy atom. The summed E-state index contributed by atoms with van der Waals surface area (Å²) in [6.45, 7) is 8.66. The van der Waals surface area contributed by atoms with Crippen LogP contribution in [0.3, 0.4) is 0 Å². The van der Waals surface area contributed by atoms with Gasteiger partial charge in [-0.05, 0) is 42.7 Å². The van der Waals surface area contributed by atoms with Crippen LogP contribution in [0, 0.1) is 17.3 Å². The highest BCUT2D eigenvalue weighted by Gasteiger charge is 2.36. The van der Waals surface area contributed by atoms with Crippen molar-refractivity contribution in [1.29, 1.82) is 0 Å². The lowest BCUT2D eigenvalue weighted by Crippen LogP contribution is -2.45. The second-order valence-electron chi connectivity index (χ2n) is 10.6. The van der Waals surface area contributed by atoms with Crippen LogP contribution in [0.25, 0.3) is 0 Å². The van der Waals surface area contributed by atoms with Gasteiger partial charge in [-0.25, -0.2) is 0 Å². The highest BCUT2D eigenvalue weighted by molar-refractivity contribution is 5.96. The standard InChI is InChI=1S/C27H43N3O5/c1-6-7-12-29-25(33)18(2)13-23(31)21(28)15-27(3,4)16-24(32)30-17-20(26(34)35-5)14-19-10-8-9-11-22(19)30/h8-11,18,20-21,23,31H,6-7,12-17,28H2,1-5H3,(H,29,33)/t18-,20?,21+,23+/m1/s1. The number of nitrogens with one attached hydrogen (secondary N) is 1. The van der Waals surface area contributed by atoms with E-state index in [1.165, 1.54) is 7.11 Å². The van der Waals surface area contributed by atoms with Crippen molar-refractivity contribution in [2.75, 3.05) is 25.1 Å². The molecular weight excluding hydrogens is 446 g/mol. The molecule has 2 amide bonds. The first-order valence-corrected chi connectivity index (χ1v) is 12.7. The van der Waals surface area contributed by atoms with E-state index in [4.69, 9.17) is 10.5 Å². The topological polar surface area (TPSA) is 122 Å². The second kappa shape index (κ2) is 13.0. The molecule has 8 heteroatoms. The van der Waals surface area contributed by atoms with Gasteiger partial charge in [0.1, 0.15) is 0 Å². The number of methoxy groups -OCH3 is 1. The third-order valence-electron chi connectivity index (χ3n) is 6.77. The lowest BCUT2D eigenvalue weighted by molar-refractivity contribution is -0.145. The number of aliphatic hydroxyl groups is 1. The molecule has 0 aromatic heterocycles. The van der Waals surface area contributed by atoms with Crippen LogP contribution in [0.15, 0.2) is 24.3 Å². The molecule has 0 radical (unpaired) electrons. The molecule has 1 heterocycles. The van der Waals surface area contributed by atoms with E-state index < -0.39 is 23.5 Å². The van der Waals surface area contributed by atoms with Gasteiger partial charge in [-0.1, -0.05) is 52.3 Å². The van der Waals surface area contributed by atoms with E-state index in [1.807, 2.05) is 38.1 Å². The Kier molecular flexibility index (Phi) is 10.7. The zero-order chi connectivity index (χ0) is 26.2. The number of carbonyl (C=O) groups is 3. The maximum absolute atomic E-state index is 13.4. The summed E-state index contributed by atoms with van der Waals surface area (Å²) in [5.41, 5.74) is 7.59. The number of rotatable bonds is 12. The SMILES string of the molecule is CCCCNC(=O)[C@H](C)C[C@H](O)[C@@H](N)CC(C)(C)CC(=O)N1CC(C(=O)OC)Cc2ccccc21. The van der Waals surface area contributed by atoms with Gasteiger partial charge in [-0.2, -0.15) is 0 Å². The van der Waals surface area contributed by atoms with Gasteiger partial charge in [0.05, 0.1) is 19.1 Å². The highest BCUT2D eigenvalue weighted by Crippen LogP contribution is 2.34. The van der Waals surface area contributed by atoms with Crippen LogP contribution in [0.2, 0.25) is 0 Å². The first-order valence-electron chi connectivity index (χ1n) is 12.7. The number of esters is 1. The average Bonchev–Trinajstić information content (AvgIpc) is 2.81. The Morgan fingerprint density at radius 1 is 1.29 bits per heavy atom. The molecule has 4 atom stereocenters. The molecule has 1 aromatic carbocycles. The van der Waals surface area contributed by atoms with Crippen molar-refractivity contribution in [1.82, 2.24) is 5.32 Å². The van der Waals surface area contributed by atoms with Crippen molar-refractivity contribution in [3.63, 3.8) is 0 Å². The molecule has 2 rings (SSSR count). The van der Waals surface area contributed by atoms with Crippen LogP contribution < -0.4 is 16.0 Å². The summed E-state index contributed by atoms with van der Waals surface area (Å²) in [7, 11) is 1.36. The Morgan fingerprint density at radius 3 is 2.63 bits per heavy atom. The zero-order valence-corrected chi connectivity index (χ0v) is 21.9. The van der Waals surface area contributed by atoms with E-state index in [9.17, 15) is 19.5 Å². The highest BCUT2D eigenvalue weighted by atomic mass is 16.5. The third-order valence-corrected chi connectivity index (χ3v) is 6.77. The minimum Gasteiger partial charge on any atom is -0.469 e. The smallest absolute Gasteiger partial charge is 0.310 e. The number of hydrogen-bond donors (Lipinski definition) is 3. The monoisotopic (exact) mass is 489 g/mol. The van der Waals surface area contributed by atoms with Crippen LogP contribution in [-0.2, 0) is 25.5 Å². The molecule has 0 saturated heterocycles. The van der Waals surface area contributed by atoms with E-state index in [0.717, 1.165) is 24.1 Å². The van der Waals surface area contributed by atoms with Crippen molar-refractivity contribution < 1.29 is 24.2 Å². The second-order valence-corrected chi connectivity index (χ2v) is 10.6. The molecule has 0 bridgehead atoms. The summed E-state index contributed by atoms with van der Waals surface area (Å²) in [6.07, 6.45) is 2.51. The Bertz CT molecular complexity index is 872. The zero-order valence-electron chi connectivity index (χ0n) is 21.9. The van der Waals surface area contributed by atoms with Gasteiger partial charge in [0.15, 0.2) is 0 Å². The summed E-state index contributed by atoms with van der Waals surface area (Å²) in [5.74, 6) is -1.26. The normalized spacial score (nSPS) is 18.3. The van der Waals surface area contributed by atoms with E-state index >= 15 is 0 Å². The van der Waals surface area contributed by atoms with Crippen LogP contribution in [0.5, 0.6) is 0 Å². The summed E-state index contributed by atoms with van der Waals surface area (Å²) in [4.78, 5) is 39.5. The number of para-hydroxylation sites is 1. The van der Waals surface area contributed by atoms with Crippen molar-refractivity contribution in [3.05, 3.63) is 29.8 Å². The van der Waals surface area contributed by atoms with Crippen LogP contribution >= 0.6 is 0 Å². The number of carbonyl (C=O) groups excluding carboxylic acids is 3. The molecule has 0 spiro atoms. The number of ether oxygens (including phenoxy) is 1. The molecule has 1 aliphatic heterocycles. The molecule has 4 N–H and O–H groups in total. The number of unbranched alkanes of at least 4 members (excludes halogenated alkanes) is 1. The van der Waals surface area contributed by atoms with E-state index in [-0.39, 0.29) is 43.1 Å². The number of anilines is 1. The molecule has 196 valence electrons. The van der Waals surface area contributed by atoms with Crippen LogP contribution in [0.4, 0.5) is 5.69 Å². The lowest BCUT2D eigenvalue weighted by Gasteiger charge is -2.36. The van der Waals surface area contributed by atoms with Crippen molar-refractivity contribution in [3.8, 4) is 0 Å². The van der Waals surface area contributed by atoms with Gasteiger partial charge in [0.25, 0.3) is 0 Å². The lowest BCUT2D eigenvalue weighted by atomic mass is 9.79. The number of nitrogens with zero attached hydrogens (tertiary/aromatic N) is 1. The van der Waals surface area contributed by atoms with Gasteiger partial charge in [-0.3, -0.25) is 14.4 Å². The Balaban J connectivity index is 1.99.